The van der Waals surface area contributed by atoms with E-state index < -0.39 is 10.0 Å². The molecule has 0 bridgehead atoms. The standard InChI is InChI=1S/C8H16ClNO2S/c1-13(11,12)10-7-3-5-8(10)4-2-6-9/h8H,2-7H2,1H3. The van der Waals surface area contributed by atoms with E-state index in [1.165, 1.54) is 6.26 Å². The van der Waals surface area contributed by atoms with Gasteiger partial charge in [0.1, 0.15) is 0 Å². The molecule has 0 spiro atoms. The van der Waals surface area contributed by atoms with Gasteiger partial charge < -0.3 is 0 Å². The number of nitrogens with zero attached hydrogens (tertiary/aromatic N) is 1. The molecule has 1 fully saturated rings. The van der Waals surface area contributed by atoms with Gasteiger partial charge in [0.05, 0.1) is 6.26 Å². The molecule has 78 valence electrons. The van der Waals surface area contributed by atoms with Crippen LogP contribution in [0.5, 0.6) is 0 Å². The molecule has 0 aliphatic carbocycles. The minimum atomic E-state index is -2.99. The summed E-state index contributed by atoms with van der Waals surface area (Å²) in [6.07, 6.45) is 5.06. The van der Waals surface area contributed by atoms with Crippen molar-refractivity contribution in [1.82, 2.24) is 4.31 Å². The Hall–Kier alpha value is 0.200. The molecule has 1 aliphatic heterocycles. The molecule has 0 saturated carbocycles. The Balaban J connectivity index is 2.54. The van der Waals surface area contributed by atoms with Crippen LogP contribution >= 0.6 is 11.6 Å². The molecule has 1 unspecified atom stereocenters. The van der Waals surface area contributed by atoms with E-state index in [9.17, 15) is 8.42 Å². The predicted molar refractivity (Wildman–Crippen MR) is 54.5 cm³/mol. The summed E-state index contributed by atoms with van der Waals surface area (Å²) in [6, 6.07) is 0.203. The molecule has 0 aromatic heterocycles. The van der Waals surface area contributed by atoms with Gasteiger partial charge in [0, 0.05) is 18.5 Å². The molecule has 0 N–H and O–H groups in total. The lowest BCUT2D eigenvalue weighted by Crippen LogP contribution is -2.34. The molecule has 5 heteroatoms. The van der Waals surface area contributed by atoms with Crippen molar-refractivity contribution >= 4 is 21.6 Å². The SMILES string of the molecule is CS(=O)(=O)N1CCCC1CCCCl. The van der Waals surface area contributed by atoms with E-state index >= 15 is 0 Å². The number of alkyl halides is 1. The van der Waals surface area contributed by atoms with E-state index in [1.807, 2.05) is 0 Å². The maximum absolute atomic E-state index is 11.3. The molecule has 1 saturated heterocycles. The van der Waals surface area contributed by atoms with Gasteiger partial charge in [-0.25, -0.2) is 8.42 Å². The second-order valence-electron chi connectivity index (χ2n) is 3.50. The van der Waals surface area contributed by atoms with Crippen molar-refractivity contribution in [3.63, 3.8) is 0 Å². The summed E-state index contributed by atoms with van der Waals surface area (Å²) >= 11 is 5.57. The largest absolute Gasteiger partial charge is 0.212 e. The lowest BCUT2D eigenvalue weighted by molar-refractivity contribution is 0.371. The molecule has 0 aromatic rings. The van der Waals surface area contributed by atoms with Crippen LogP contribution in [0.1, 0.15) is 25.7 Å². The zero-order valence-corrected chi connectivity index (χ0v) is 9.44. The molecular formula is C8H16ClNO2S. The van der Waals surface area contributed by atoms with Gasteiger partial charge >= 0.3 is 0 Å². The lowest BCUT2D eigenvalue weighted by atomic mass is 10.1. The van der Waals surface area contributed by atoms with Crippen LogP contribution in [-0.4, -0.2) is 37.4 Å². The van der Waals surface area contributed by atoms with Gasteiger partial charge in [0.25, 0.3) is 0 Å². The lowest BCUT2D eigenvalue weighted by Gasteiger charge is -2.21. The summed E-state index contributed by atoms with van der Waals surface area (Å²) in [6.45, 7) is 0.686. The van der Waals surface area contributed by atoms with Crippen LogP contribution < -0.4 is 0 Å². The van der Waals surface area contributed by atoms with Gasteiger partial charge in [-0.3, -0.25) is 0 Å². The minimum absolute atomic E-state index is 0.203. The highest BCUT2D eigenvalue weighted by Gasteiger charge is 2.30. The number of halogens is 1. The number of sulfonamides is 1. The summed E-state index contributed by atoms with van der Waals surface area (Å²) in [5, 5.41) is 0. The second kappa shape index (κ2) is 4.62. The first-order valence-electron chi connectivity index (χ1n) is 4.58. The van der Waals surface area contributed by atoms with Crippen molar-refractivity contribution in [3.05, 3.63) is 0 Å². The highest BCUT2D eigenvalue weighted by atomic mass is 35.5. The van der Waals surface area contributed by atoms with E-state index in [4.69, 9.17) is 11.6 Å². The van der Waals surface area contributed by atoms with Crippen LogP contribution in [0.2, 0.25) is 0 Å². The van der Waals surface area contributed by atoms with Gasteiger partial charge in [0.2, 0.25) is 10.0 Å². The van der Waals surface area contributed by atoms with Crippen molar-refractivity contribution < 1.29 is 8.42 Å². The second-order valence-corrected chi connectivity index (χ2v) is 5.81. The fraction of sp³-hybridized carbons (Fsp3) is 1.00. The Morgan fingerprint density at radius 3 is 2.77 bits per heavy atom. The van der Waals surface area contributed by atoms with E-state index in [2.05, 4.69) is 0 Å². The summed E-state index contributed by atoms with van der Waals surface area (Å²) < 4.78 is 24.2. The van der Waals surface area contributed by atoms with Gasteiger partial charge in [-0.05, 0) is 25.7 Å². The molecule has 1 aliphatic rings. The van der Waals surface area contributed by atoms with Crippen LogP contribution in [0.3, 0.4) is 0 Å². The zero-order valence-electron chi connectivity index (χ0n) is 7.87. The number of hydrogen-bond acceptors (Lipinski definition) is 2. The average molecular weight is 226 g/mol. The molecule has 1 heterocycles. The maximum atomic E-state index is 11.3. The Morgan fingerprint density at radius 2 is 2.23 bits per heavy atom. The van der Waals surface area contributed by atoms with E-state index in [0.717, 1.165) is 25.7 Å². The average Bonchev–Trinajstić information content (AvgIpc) is 2.47. The molecule has 0 aromatic carbocycles. The fourth-order valence-electron chi connectivity index (χ4n) is 1.85. The monoisotopic (exact) mass is 225 g/mol. The third kappa shape index (κ3) is 3.11. The van der Waals surface area contributed by atoms with Gasteiger partial charge in [-0.1, -0.05) is 0 Å². The van der Waals surface area contributed by atoms with Crippen molar-refractivity contribution in [1.29, 1.82) is 0 Å². The van der Waals surface area contributed by atoms with E-state index in [0.29, 0.717) is 12.4 Å². The highest BCUT2D eigenvalue weighted by molar-refractivity contribution is 7.88. The van der Waals surface area contributed by atoms with Crippen molar-refractivity contribution in [3.8, 4) is 0 Å². The first-order valence-corrected chi connectivity index (χ1v) is 6.97. The van der Waals surface area contributed by atoms with Crippen molar-refractivity contribution in [2.45, 2.75) is 31.7 Å². The van der Waals surface area contributed by atoms with Crippen LogP contribution in [0, 0.1) is 0 Å². The summed E-state index contributed by atoms with van der Waals surface area (Å²) in [4.78, 5) is 0. The first kappa shape index (κ1) is 11.3. The number of rotatable bonds is 4. The number of hydrogen-bond donors (Lipinski definition) is 0. The van der Waals surface area contributed by atoms with Crippen LogP contribution in [0.4, 0.5) is 0 Å². The summed E-state index contributed by atoms with van der Waals surface area (Å²) in [5.41, 5.74) is 0. The Kier molecular flexibility index (Phi) is 4.01. The van der Waals surface area contributed by atoms with Crippen LogP contribution in [-0.2, 0) is 10.0 Å². The first-order chi connectivity index (χ1) is 6.05. The minimum Gasteiger partial charge on any atom is -0.212 e. The Labute approximate surface area is 85.1 Å². The third-order valence-corrected chi connectivity index (χ3v) is 4.02. The predicted octanol–water partition coefficient (Wildman–Crippen LogP) is 1.43. The smallest absolute Gasteiger partial charge is 0.211 e. The summed E-state index contributed by atoms with van der Waals surface area (Å²) in [7, 11) is -2.99. The highest BCUT2D eigenvalue weighted by Crippen LogP contribution is 2.23. The quantitative estimate of drug-likeness (QED) is 0.679. The Bertz CT molecular complexity index is 253. The van der Waals surface area contributed by atoms with E-state index in [1.54, 1.807) is 4.31 Å². The van der Waals surface area contributed by atoms with Crippen molar-refractivity contribution in [2.75, 3.05) is 18.7 Å². The summed E-state index contributed by atoms with van der Waals surface area (Å²) in [5.74, 6) is 0.619. The van der Waals surface area contributed by atoms with E-state index in [-0.39, 0.29) is 6.04 Å². The molecule has 1 atom stereocenters. The van der Waals surface area contributed by atoms with Gasteiger partial charge in [-0.2, -0.15) is 4.31 Å². The normalized spacial score (nSPS) is 25.2. The van der Waals surface area contributed by atoms with Gasteiger partial charge in [-0.15, -0.1) is 11.6 Å². The molecule has 0 amide bonds. The third-order valence-electron chi connectivity index (χ3n) is 2.42. The van der Waals surface area contributed by atoms with Gasteiger partial charge in [0.15, 0.2) is 0 Å². The Morgan fingerprint density at radius 1 is 1.54 bits per heavy atom. The topological polar surface area (TPSA) is 37.4 Å². The zero-order chi connectivity index (χ0) is 9.90. The van der Waals surface area contributed by atoms with Crippen LogP contribution in [0.15, 0.2) is 0 Å². The fourth-order valence-corrected chi connectivity index (χ4v) is 3.21. The molecule has 13 heavy (non-hydrogen) atoms. The molecule has 1 rings (SSSR count). The van der Waals surface area contributed by atoms with Crippen molar-refractivity contribution in [2.24, 2.45) is 0 Å². The molecule has 3 nitrogen and oxygen atoms in total. The van der Waals surface area contributed by atoms with Crippen LogP contribution in [0.25, 0.3) is 0 Å². The maximum Gasteiger partial charge on any atom is 0.211 e. The molecule has 0 radical (unpaired) electrons. The molecular weight excluding hydrogens is 210 g/mol.